The highest BCUT2D eigenvalue weighted by Gasteiger charge is 2.21. The summed E-state index contributed by atoms with van der Waals surface area (Å²) in [5, 5.41) is 5.68. The van der Waals surface area contributed by atoms with Crippen molar-refractivity contribution < 1.29 is 14.0 Å². The number of anilines is 1. The monoisotopic (exact) mass is 440 g/mol. The third-order valence-electron chi connectivity index (χ3n) is 5.55. The van der Waals surface area contributed by atoms with Gasteiger partial charge < -0.3 is 10.6 Å². The first-order chi connectivity index (χ1) is 15.6. The van der Waals surface area contributed by atoms with Gasteiger partial charge in [-0.05, 0) is 36.2 Å². The van der Waals surface area contributed by atoms with Crippen molar-refractivity contribution in [1.29, 1.82) is 0 Å². The molecule has 0 bridgehead atoms. The van der Waals surface area contributed by atoms with Crippen molar-refractivity contribution in [1.82, 2.24) is 5.32 Å². The Morgan fingerprint density at radius 2 is 1.41 bits per heavy atom. The van der Waals surface area contributed by atoms with Crippen molar-refractivity contribution in [2.24, 2.45) is 0 Å². The number of carbonyl (C=O) groups excluding carboxylic acids is 2. The third-order valence-corrected chi connectivity index (χ3v) is 5.55. The van der Waals surface area contributed by atoms with Crippen LogP contribution in [0.15, 0.2) is 54.6 Å². The molecule has 174 valence electrons. The maximum absolute atomic E-state index is 13.1. The number of hydrogen-bond donors (Lipinski definition) is 2. The van der Waals surface area contributed by atoms with E-state index in [0.29, 0.717) is 18.5 Å². The highest BCUT2D eigenvalue weighted by atomic mass is 19.1. The maximum Gasteiger partial charge on any atom is 0.247 e. The molecule has 2 aromatic rings. The Morgan fingerprint density at radius 1 is 0.812 bits per heavy atom. The van der Waals surface area contributed by atoms with E-state index in [9.17, 15) is 14.0 Å². The molecule has 0 aromatic heterocycles. The lowest BCUT2D eigenvalue weighted by atomic mass is 10.0. The van der Waals surface area contributed by atoms with Crippen molar-refractivity contribution in [2.45, 2.75) is 83.6 Å². The molecule has 0 aliphatic heterocycles. The highest BCUT2D eigenvalue weighted by Crippen LogP contribution is 2.12. The van der Waals surface area contributed by atoms with Crippen LogP contribution in [0.5, 0.6) is 0 Å². The normalized spacial score (nSPS) is 11.7. The van der Waals surface area contributed by atoms with Crippen molar-refractivity contribution in [3.63, 3.8) is 0 Å². The van der Waals surface area contributed by atoms with Gasteiger partial charge in [0.1, 0.15) is 11.9 Å². The van der Waals surface area contributed by atoms with Gasteiger partial charge in [0.25, 0.3) is 0 Å². The van der Waals surface area contributed by atoms with Gasteiger partial charge in [0.2, 0.25) is 11.8 Å². The first-order valence-electron chi connectivity index (χ1n) is 12.0. The molecule has 2 rings (SSSR count). The smallest absolute Gasteiger partial charge is 0.247 e. The number of carbonyl (C=O) groups is 2. The predicted molar refractivity (Wildman–Crippen MR) is 129 cm³/mol. The minimum Gasteiger partial charge on any atom is -0.344 e. The molecule has 0 aliphatic carbocycles. The second-order valence-corrected chi connectivity index (χ2v) is 8.38. The summed E-state index contributed by atoms with van der Waals surface area (Å²) in [6.45, 7) is 2.22. The summed E-state index contributed by atoms with van der Waals surface area (Å²) in [6, 6.07) is 14.5. The topological polar surface area (TPSA) is 58.2 Å². The van der Waals surface area contributed by atoms with Crippen LogP contribution in [0.3, 0.4) is 0 Å². The second kappa shape index (κ2) is 15.2. The molecule has 5 heteroatoms. The number of nitrogens with one attached hydrogen (secondary N) is 2. The lowest BCUT2D eigenvalue weighted by molar-refractivity contribution is -0.126. The molecule has 0 fully saturated rings. The number of rotatable bonds is 15. The molecular weight excluding hydrogens is 403 g/mol. The van der Waals surface area contributed by atoms with Crippen LogP contribution < -0.4 is 10.6 Å². The van der Waals surface area contributed by atoms with Crippen LogP contribution in [0.2, 0.25) is 0 Å². The Hall–Kier alpha value is -2.69. The van der Waals surface area contributed by atoms with Gasteiger partial charge >= 0.3 is 0 Å². The highest BCUT2D eigenvalue weighted by molar-refractivity contribution is 5.97. The summed E-state index contributed by atoms with van der Waals surface area (Å²) in [5.41, 5.74) is 1.47. The number of halogens is 1. The molecule has 0 saturated heterocycles. The molecule has 4 nitrogen and oxygen atoms in total. The van der Waals surface area contributed by atoms with Gasteiger partial charge in [-0.2, -0.15) is 0 Å². The molecule has 2 amide bonds. The van der Waals surface area contributed by atoms with Gasteiger partial charge in [0, 0.05) is 18.5 Å². The predicted octanol–water partition coefficient (Wildman–Crippen LogP) is 6.41. The van der Waals surface area contributed by atoms with Crippen LogP contribution in [0, 0.1) is 5.82 Å². The van der Waals surface area contributed by atoms with E-state index in [1.54, 1.807) is 0 Å². The first kappa shape index (κ1) is 25.6. The fraction of sp³-hybridized carbons (Fsp3) is 0.481. The SMILES string of the molecule is CCCCCCCCCCCC(=O)NC(Cc1ccccc1)C(=O)Nc1ccc(F)cc1. The summed E-state index contributed by atoms with van der Waals surface area (Å²) >= 11 is 0. The van der Waals surface area contributed by atoms with Crippen molar-refractivity contribution in [3.8, 4) is 0 Å². The van der Waals surface area contributed by atoms with Gasteiger partial charge in [-0.3, -0.25) is 9.59 Å². The van der Waals surface area contributed by atoms with E-state index in [-0.39, 0.29) is 17.6 Å². The van der Waals surface area contributed by atoms with Crippen LogP contribution >= 0.6 is 0 Å². The summed E-state index contributed by atoms with van der Waals surface area (Å²) in [5.74, 6) is -0.776. The van der Waals surface area contributed by atoms with E-state index < -0.39 is 6.04 Å². The molecule has 1 unspecified atom stereocenters. The van der Waals surface area contributed by atoms with Gasteiger partial charge in [-0.15, -0.1) is 0 Å². The second-order valence-electron chi connectivity index (χ2n) is 8.38. The van der Waals surface area contributed by atoms with E-state index >= 15 is 0 Å². The van der Waals surface area contributed by atoms with Crippen molar-refractivity contribution in [2.75, 3.05) is 5.32 Å². The standard InChI is InChI=1S/C27H37FN2O2/c1-2-3-4-5-6-7-8-9-13-16-26(31)30-25(21-22-14-11-10-12-15-22)27(32)29-24-19-17-23(28)18-20-24/h10-12,14-15,17-20,25H,2-9,13,16,21H2,1H3,(H,29,32)(H,30,31). The Kier molecular flexibility index (Phi) is 12.1. The lowest BCUT2D eigenvalue weighted by Gasteiger charge is -2.19. The molecular formula is C27H37FN2O2. The first-order valence-corrected chi connectivity index (χ1v) is 12.0. The minimum absolute atomic E-state index is 0.108. The maximum atomic E-state index is 13.1. The van der Waals surface area contributed by atoms with Gasteiger partial charge in [0.15, 0.2) is 0 Å². The zero-order valence-corrected chi connectivity index (χ0v) is 19.2. The average molecular weight is 441 g/mol. The molecule has 0 saturated carbocycles. The summed E-state index contributed by atoms with van der Waals surface area (Å²) in [7, 11) is 0. The largest absolute Gasteiger partial charge is 0.344 e. The molecule has 1 atom stereocenters. The van der Waals surface area contributed by atoms with Gasteiger partial charge in [-0.25, -0.2) is 4.39 Å². The minimum atomic E-state index is -0.687. The molecule has 2 N–H and O–H groups in total. The van der Waals surface area contributed by atoms with E-state index in [2.05, 4.69) is 17.6 Å². The molecule has 2 aromatic carbocycles. The van der Waals surface area contributed by atoms with Crippen LogP contribution in [0.1, 0.15) is 76.7 Å². The third kappa shape index (κ3) is 10.6. The molecule has 0 aliphatic rings. The van der Waals surface area contributed by atoms with E-state index in [4.69, 9.17) is 0 Å². The van der Waals surface area contributed by atoms with Crippen LogP contribution in [-0.4, -0.2) is 17.9 Å². The van der Waals surface area contributed by atoms with Crippen LogP contribution in [0.4, 0.5) is 10.1 Å². The Balaban J connectivity index is 1.80. The Bertz CT molecular complexity index is 793. The molecule has 32 heavy (non-hydrogen) atoms. The number of amides is 2. The Labute approximate surface area is 192 Å². The van der Waals surface area contributed by atoms with E-state index in [1.807, 2.05) is 30.3 Å². The average Bonchev–Trinajstić information content (AvgIpc) is 2.79. The van der Waals surface area contributed by atoms with Gasteiger partial charge in [0.05, 0.1) is 0 Å². The zero-order valence-electron chi connectivity index (χ0n) is 19.2. The molecule has 0 heterocycles. The van der Waals surface area contributed by atoms with Crippen LogP contribution in [-0.2, 0) is 16.0 Å². The van der Waals surface area contributed by atoms with Crippen molar-refractivity contribution >= 4 is 17.5 Å². The zero-order chi connectivity index (χ0) is 23.0. The molecule has 0 spiro atoms. The summed E-state index contributed by atoms with van der Waals surface area (Å²) < 4.78 is 13.1. The lowest BCUT2D eigenvalue weighted by Crippen LogP contribution is -2.45. The van der Waals surface area contributed by atoms with E-state index in [0.717, 1.165) is 24.8 Å². The summed E-state index contributed by atoms with van der Waals surface area (Å²) in [6.07, 6.45) is 11.5. The Morgan fingerprint density at radius 3 is 2.03 bits per heavy atom. The number of unbranched alkanes of at least 4 members (excludes halogenated alkanes) is 8. The summed E-state index contributed by atoms with van der Waals surface area (Å²) in [4.78, 5) is 25.4. The van der Waals surface area contributed by atoms with Crippen molar-refractivity contribution in [3.05, 3.63) is 66.0 Å². The fourth-order valence-corrected chi connectivity index (χ4v) is 3.68. The molecule has 0 radical (unpaired) electrons. The number of benzene rings is 2. The van der Waals surface area contributed by atoms with E-state index in [1.165, 1.54) is 62.8 Å². The van der Waals surface area contributed by atoms with Crippen LogP contribution in [0.25, 0.3) is 0 Å². The van der Waals surface area contributed by atoms with Gasteiger partial charge in [-0.1, -0.05) is 88.6 Å². The number of hydrogen-bond acceptors (Lipinski definition) is 2. The fourth-order valence-electron chi connectivity index (χ4n) is 3.68. The quantitative estimate of drug-likeness (QED) is 0.314.